The normalized spacial score (nSPS) is 9.62. The van der Waals surface area contributed by atoms with E-state index in [1.165, 1.54) is 0 Å². The van der Waals surface area contributed by atoms with Crippen molar-refractivity contribution >= 4 is 39.1 Å². The lowest BCUT2D eigenvalue weighted by atomic mass is 10.1. The minimum absolute atomic E-state index is 0. The number of aromatic nitrogens is 1. The minimum Gasteiger partial charge on any atom is -0.497 e. The summed E-state index contributed by atoms with van der Waals surface area (Å²) >= 11 is 8.61. The molecule has 0 saturated carbocycles. The van der Waals surface area contributed by atoms with E-state index in [1.807, 2.05) is 30.3 Å². The van der Waals surface area contributed by atoms with E-state index >= 15 is 0 Å². The Balaban J connectivity index is 0.00000288. The van der Waals surface area contributed by atoms with Crippen LogP contribution in [-0.2, 0) is 6.42 Å². The number of hydrogen-bond donors (Lipinski definition) is 2. The van der Waals surface area contributed by atoms with Crippen LogP contribution in [0.15, 0.2) is 41.0 Å². The number of hydrogen-bond acceptors (Lipinski definition) is 4. The Morgan fingerprint density at radius 1 is 1.21 bits per heavy atom. The van der Waals surface area contributed by atoms with Crippen LogP contribution in [0.4, 0.5) is 5.82 Å². The van der Waals surface area contributed by atoms with Crippen molar-refractivity contribution in [1.82, 2.24) is 10.3 Å². The molecule has 2 N–H and O–H groups in total. The number of rotatable bonds is 6. The second-order valence-electron chi connectivity index (χ2n) is 4.67. The molecule has 130 valence electrons. The summed E-state index contributed by atoms with van der Waals surface area (Å²) in [6, 6.07) is 9.49. The monoisotopic (exact) mass is 411 g/mol. The molecule has 0 aliphatic heterocycles. The smallest absolute Gasteiger partial charge is 0.171 e. The van der Waals surface area contributed by atoms with E-state index in [1.54, 1.807) is 20.4 Å². The molecule has 5 nitrogen and oxygen atoms in total. The van der Waals surface area contributed by atoms with Gasteiger partial charge in [-0.15, -0.1) is 0 Å². The fourth-order valence-corrected chi connectivity index (χ4v) is 2.44. The van der Waals surface area contributed by atoms with Gasteiger partial charge in [-0.05, 0) is 70.5 Å². The fourth-order valence-electron chi connectivity index (χ4n) is 2.00. The zero-order valence-corrected chi connectivity index (χ0v) is 15.3. The Bertz CT molecular complexity index is 665. The van der Waals surface area contributed by atoms with E-state index < -0.39 is 0 Å². The highest BCUT2D eigenvalue weighted by Crippen LogP contribution is 2.24. The van der Waals surface area contributed by atoms with Gasteiger partial charge in [-0.3, -0.25) is 0 Å². The van der Waals surface area contributed by atoms with Gasteiger partial charge in [0, 0.05) is 17.2 Å². The molecular formula is C17H22BrN3O2S. The third-order valence-electron chi connectivity index (χ3n) is 3.14. The Kier molecular flexibility index (Phi) is 8.49. The van der Waals surface area contributed by atoms with Crippen molar-refractivity contribution in [2.24, 2.45) is 0 Å². The van der Waals surface area contributed by atoms with E-state index in [4.69, 9.17) is 21.7 Å². The molecule has 0 aliphatic carbocycles. The lowest BCUT2D eigenvalue weighted by Gasteiger charge is -2.12. The Hall–Kier alpha value is -1.86. The van der Waals surface area contributed by atoms with Gasteiger partial charge in [0.2, 0.25) is 0 Å². The van der Waals surface area contributed by atoms with E-state index in [0.717, 1.165) is 28.0 Å². The van der Waals surface area contributed by atoms with Gasteiger partial charge in [0.25, 0.3) is 0 Å². The Morgan fingerprint density at radius 3 is 2.62 bits per heavy atom. The van der Waals surface area contributed by atoms with Crippen LogP contribution in [0.5, 0.6) is 11.5 Å². The van der Waals surface area contributed by atoms with Crippen molar-refractivity contribution in [1.29, 1.82) is 0 Å². The topological polar surface area (TPSA) is 55.4 Å². The number of benzene rings is 1. The Labute approximate surface area is 156 Å². The number of pyridine rings is 1. The quantitative estimate of drug-likeness (QED) is 0.699. The van der Waals surface area contributed by atoms with Gasteiger partial charge in [0.05, 0.1) is 14.2 Å². The summed E-state index contributed by atoms with van der Waals surface area (Å²) in [5.74, 6) is 2.34. The van der Waals surface area contributed by atoms with Crippen molar-refractivity contribution in [3.8, 4) is 11.5 Å². The molecule has 0 spiro atoms. The molecule has 0 radical (unpaired) electrons. The lowest BCUT2D eigenvalue weighted by Crippen LogP contribution is -2.30. The molecule has 2 aromatic rings. The van der Waals surface area contributed by atoms with Crippen LogP contribution in [0.25, 0.3) is 0 Å². The van der Waals surface area contributed by atoms with Crippen LogP contribution in [0.1, 0.15) is 13.0 Å². The molecule has 2 rings (SSSR count). The zero-order valence-electron chi connectivity index (χ0n) is 12.9. The van der Waals surface area contributed by atoms with E-state index in [9.17, 15) is 0 Å². The molecule has 0 bridgehead atoms. The highest BCUT2D eigenvalue weighted by atomic mass is 79.9. The molecule has 0 aliphatic rings. The SMILES string of the molecule is C.COc1ccc(OC)c(CCNC(=S)Nc2ccc(Br)cn2)c1. The molecule has 0 unspecified atom stereocenters. The van der Waals surface area contributed by atoms with Gasteiger partial charge in [0.15, 0.2) is 5.11 Å². The number of anilines is 1. The lowest BCUT2D eigenvalue weighted by molar-refractivity contribution is 0.398. The van der Waals surface area contributed by atoms with Gasteiger partial charge in [-0.25, -0.2) is 4.98 Å². The van der Waals surface area contributed by atoms with E-state index in [-0.39, 0.29) is 7.43 Å². The second-order valence-corrected chi connectivity index (χ2v) is 5.99. The van der Waals surface area contributed by atoms with Gasteiger partial charge in [0.1, 0.15) is 17.3 Å². The number of ether oxygens (including phenoxy) is 2. The highest BCUT2D eigenvalue weighted by Gasteiger charge is 2.05. The molecule has 0 fully saturated rings. The van der Waals surface area contributed by atoms with Crippen LogP contribution in [-0.4, -0.2) is 30.9 Å². The molecule has 1 aromatic heterocycles. The molecule has 0 atom stereocenters. The summed E-state index contributed by atoms with van der Waals surface area (Å²) in [7, 11) is 3.30. The van der Waals surface area contributed by atoms with E-state index in [2.05, 4.69) is 31.5 Å². The molecular weight excluding hydrogens is 390 g/mol. The van der Waals surface area contributed by atoms with Crippen LogP contribution in [0, 0.1) is 0 Å². The van der Waals surface area contributed by atoms with Crippen LogP contribution >= 0.6 is 28.1 Å². The first kappa shape index (κ1) is 20.2. The first-order valence-electron chi connectivity index (χ1n) is 6.99. The maximum Gasteiger partial charge on any atom is 0.171 e. The second kappa shape index (κ2) is 10.1. The molecule has 1 aromatic carbocycles. The molecule has 1 heterocycles. The minimum atomic E-state index is 0. The van der Waals surface area contributed by atoms with Gasteiger partial charge >= 0.3 is 0 Å². The third-order valence-corrected chi connectivity index (χ3v) is 3.85. The van der Waals surface area contributed by atoms with Crippen molar-refractivity contribution in [2.45, 2.75) is 13.8 Å². The maximum absolute atomic E-state index is 5.36. The predicted octanol–water partition coefficient (Wildman–Crippen LogP) is 4.03. The summed E-state index contributed by atoms with van der Waals surface area (Å²) < 4.78 is 11.5. The van der Waals surface area contributed by atoms with Gasteiger partial charge < -0.3 is 20.1 Å². The maximum atomic E-state index is 5.36. The van der Waals surface area contributed by atoms with E-state index in [0.29, 0.717) is 17.5 Å². The average Bonchev–Trinajstić information content (AvgIpc) is 2.57. The largest absolute Gasteiger partial charge is 0.497 e. The third kappa shape index (κ3) is 5.98. The number of nitrogens with one attached hydrogen (secondary N) is 2. The molecule has 7 heteroatoms. The highest BCUT2D eigenvalue weighted by molar-refractivity contribution is 9.10. The molecule has 0 saturated heterocycles. The molecule has 0 amide bonds. The summed E-state index contributed by atoms with van der Waals surface area (Å²) in [4.78, 5) is 4.21. The summed E-state index contributed by atoms with van der Waals surface area (Å²) in [5.41, 5.74) is 1.06. The first-order chi connectivity index (χ1) is 11.1. The fraction of sp³-hybridized carbons (Fsp3) is 0.294. The van der Waals surface area contributed by atoms with Crippen molar-refractivity contribution in [3.63, 3.8) is 0 Å². The average molecular weight is 412 g/mol. The van der Waals surface area contributed by atoms with Gasteiger partial charge in [-0.1, -0.05) is 7.43 Å². The van der Waals surface area contributed by atoms with Crippen molar-refractivity contribution in [2.75, 3.05) is 26.1 Å². The van der Waals surface area contributed by atoms with Crippen molar-refractivity contribution < 1.29 is 9.47 Å². The van der Waals surface area contributed by atoms with Crippen LogP contribution in [0.3, 0.4) is 0 Å². The summed E-state index contributed by atoms with van der Waals surface area (Å²) in [6.45, 7) is 0.673. The molecule has 24 heavy (non-hydrogen) atoms. The number of nitrogens with zero attached hydrogens (tertiary/aromatic N) is 1. The number of methoxy groups -OCH3 is 2. The Morgan fingerprint density at radius 2 is 2.00 bits per heavy atom. The first-order valence-corrected chi connectivity index (χ1v) is 8.20. The van der Waals surface area contributed by atoms with Crippen LogP contribution < -0.4 is 20.1 Å². The van der Waals surface area contributed by atoms with Crippen LogP contribution in [0.2, 0.25) is 0 Å². The summed E-state index contributed by atoms with van der Waals surface area (Å²) in [5, 5.41) is 6.72. The predicted molar refractivity (Wildman–Crippen MR) is 106 cm³/mol. The standard InChI is InChI=1S/C16H18BrN3O2S.CH4/c1-21-13-4-5-14(22-2)11(9-13)7-8-18-16(23)20-15-6-3-12(17)10-19-15;/h3-6,9-10H,7-8H2,1-2H3,(H2,18,19,20,23);1H4. The van der Waals surface area contributed by atoms with Crippen molar-refractivity contribution in [3.05, 3.63) is 46.6 Å². The summed E-state index contributed by atoms with van der Waals surface area (Å²) in [6.07, 6.45) is 2.47. The van der Waals surface area contributed by atoms with Gasteiger partial charge in [-0.2, -0.15) is 0 Å². The number of halogens is 1. The zero-order chi connectivity index (χ0) is 16.7. The number of thiocarbonyl (C=S) groups is 1.